The molecule has 0 saturated carbocycles. The smallest absolute Gasteiger partial charge is 0.369 e. The van der Waals surface area contributed by atoms with E-state index in [1.54, 1.807) is 0 Å². The fraction of sp³-hybridized carbons (Fsp3) is 0.429. The van der Waals surface area contributed by atoms with Gasteiger partial charge >= 0.3 is 12.2 Å². The molecule has 0 aliphatic rings. The molecule has 0 heterocycles. The zero-order chi connectivity index (χ0) is 17.1. The number of nitrogens with two attached hydrogens (primary N) is 1. The van der Waals surface area contributed by atoms with Crippen LogP contribution in [0.15, 0.2) is 29.3 Å². The summed E-state index contributed by atoms with van der Waals surface area (Å²) in [5.74, 6) is -0.124. The Balaban J connectivity index is 2.86. The van der Waals surface area contributed by atoms with Gasteiger partial charge in [0.15, 0.2) is 0 Å². The Morgan fingerprint density at radius 2 is 1.68 bits per heavy atom. The maximum absolute atomic E-state index is 12.5. The summed E-state index contributed by atoms with van der Waals surface area (Å²) >= 11 is 0. The Labute approximate surface area is 127 Å². The number of nitrogens with one attached hydrogen (secondary N) is 1. The van der Waals surface area contributed by atoms with E-state index in [0.29, 0.717) is 0 Å². The highest BCUT2D eigenvalue weighted by Crippen LogP contribution is 2.30. The third-order valence-electron chi connectivity index (χ3n) is 2.57. The van der Waals surface area contributed by atoms with Crippen molar-refractivity contribution in [3.63, 3.8) is 0 Å². The third kappa shape index (κ3) is 5.27. The van der Waals surface area contributed by atoms with Crippen molar-refractivity contribution in [2.75, 3.05) is 7.05 Å². The number of urea groups is 1. The Kier molecular flexibility index (Phi) is 5.05. The van der Waals surface area contributed by atoms with Crippen LogP contribution in [0.2, 0.25) is 0 Å². The monoisotopic (exact) mass is 316 g/mol. The number of amides is 2. The summed E-state index contributed by atoms with van der Waals surface area (Å²) in [5.41, 5.74) is 4.69. The van der Waals surface area contributed by atoms with Gasteiger partial charge in [-0.1, -0.05) is 0 Å². The van der Waals surface area contributed by atoms with Crippen molar-refractivity contribution in [2.24, 2.45) is 10.7 Å². The molecule has 0 spiro atoms. The first kappa shape index (κ1) is 17.8. The molecular weight excluding hydrogens is 297 g/mol. The number of nitrogens with zero attached hydrogens (tertiary/aromatic N) is 2. The molecule has 0 aliphatic heterocycles. The van der Waals surface area contributed by atoms with Gasteiger partial charge in [0.05, 0.1) is 11.3 Å². The molecule has 8 heteroatoms. The van der Waals surface area contributed by atoms with E-state index in [0.717, 1.165) is 17.0 Å². The predicted molar refractivity (Wildman–Crippen MR) is 78.8 cm³/mol. The van der Waals surface area contributed by atoms with E-state index >= 15 is 0 Å². The molecule has 0 unspecified atom stereocenters. The second-order valence-electron chi connectivity index (χ2n) is 5.75. The van der Waals surface area contributed by atoms with Gasteiger partial charge in [-0.2, -0.15) is 13.2 Å². The lowest BCUT2D eigenvalue weighted by atomic mass is 10.1. The van der Waals surface area contributed by atoms with Crippen LogP contribution < -0.4 is 11.1 Å². The number of rotatable bonds is 1. The van der Waals surface area contributed by atoms with Crippen molar-refractivity contribution in [3.05, 3.63) is 29.8 Å². The van der Waals surface area contributed by atoms with Crippen LogP contribution in [0.1, 0.15) is 26.3 Å². The SMILES string of the molecule is CN(C(=O)NC(C)(C)C)C(N)=Nc1ccc(C(F)(F)F)cc1. The maximum Gasteiger partial charge on any atom is 0.416 e. The quantitative estimate of drug-likeness (QED) is 0.617. The summed E-state index contributed by atoms with van der Waals surface area (Å²) in [6, 6.07) is 3.72. The zero-order valence-corrected chi connectivity index (χ0v) is 12.8. The molecule has 5 nitrogen and oxygen atoms in total. The van der Waals surface area contributed by atoms with E-state index in [4.69, 9.17) is 5.73 Å². The number of hydrogen-bond acceptors (Lipinski definition) is 2. The number of benzene rings is 1. The standard InChI is InChI=1S/C14H19F3N4O/c1-13(2,3)20-12(22)21(4)11(18)19-10-7-5-9(6-8-10)14(15,16)17/h5-8H,1-4H3,(H2,18,19)(H,20,22). The molecule has 1 aromatic carbocycles. The van der Waals surface area contributed by atoms with Gasteiger partial charge in [-0.25, -0.2) is 9.79 Å². The van der Waals surface area contributed by atoms with Gasteiger partial charge in [0.1, 0.15) is 0 Å². The Morgan fingerprint density at radius 3 is 2.09 bits per heavy atom. The second kappa shape index (κ2) is 6.25. The number of alkyl halides is 3. The number of hydrogen-bond donors (Lipinski definition) is 2. The molecule has 0 atom stereocenters. The summed E-state index contributed by atoms with van der Waals surface area (Å²) in [6.45, 7) is 5.42. The molecule has 0 aromatic heterocycles. The van der Waals surface area contributed by atoms with Crippen molar-refractivity contribution >= 4 is 17.7 Å². The average molecular weight is 316 g/mol. The molecule has 0 aliphatic carbocycles. The molecule has 22 heavy (non-hydrogen) atoms. The lowest BCUT2D eigenvalue weighted by Crippen LogP contribution is -2.50. The highest BCUT2D eigenvalue weighted by molar-refractivity contribution is 5.96. The van der Waals surface area contributed by atoms with Gasteiger partial charge in [0, 0.05) is 12.6 Å². The summed E-state index contributed by atoms with van der Waals surface area (Å²) in [4.78, 5) is 16.9. The van der Waals surface area contributed by atoms with E-state index in [9.17, 15) is 18.0 Å². The highest BCUT2D eigenvalue weighted by atomic mass is 19.4. The minimum atomic E-state index is -4.41. The minimum absolute atomic E-state index is 0.124. The van der Waals surface area contributed by atoms with E-state index < -0.39 is 23.3 Å². The lowest BCUT2D eigenvalue weighted by Gasteiger charge is -2.25. The fourth-order valence-corrected chi connectivity index (χ4v) is 1.44. The van der Waals surface area contributed by atoms with Gasteiger partial charge in [-0.05, 0) is 45.0 Å². The van der Waals surface area contributed by atoms with Crippen LogP contribution in [0.25, 0.3) is 0 Å². The normalized spacial score (nSPS) is 13.0. The van der Waals surface area contributed by atoms with Crippen molar-refractivity contribution in [3.8, 4) is 0 Å². The van der Waals surface area contributed by atoms with Gasteiger partial charge in [0.2, 0.25) is 5.96 Å². The van der Waals surface area contributed by atoms with E-state index in [1.807, 2.05) is 20.8 Å². The lowest BCUT2D eigenvalue weighted by molar-refractivity contribution is -0.137. The number of carbonyl (C=O) groups excluding carboxylic acids is 1. The first-order chi connectivity index (χ1) is 9.90. The third-order valence-corrected chi connectivity index (χ3v) is 2.57. The van der Waals surface area contributed by atoms with Crippen LogP contribution in [-0.4, -0.2) is 29.5 Å². The zero-order valence-electron chi connectivity index (χ0n) is 12.8. The fourth-order valence-electron chi connectivity index (χ4n) is 1.44. The summed E-state index contributed by atoms with van der Waals surface area (Å²) in [7, 11) is 1.42. The average Bonchev–Trinajstić information content (AvgIpc) is 2.35. The van der Waals surface area contributed by atoms with Gasteiger partial charge < -0.3 is 11.1 Å². The van der Waals surface area contributed by atoms with Gasteiger partial charge in [-0.15, -0.1) is 0 Å². The van der Waals surface area contributed by atoms with Crippen LogP contribution in [0, 0.1) is 0 Å². The maximum atomic E-state index is 12.5. The number of guanidine groups is 1. The molecule has 0 saturated heterocycles. The number of carbonyl (C=O) groups is 1. The topological polar surface area (TPSA) is 70.7 Å². The molecule has 0 fully saturated rings. The molecule has 0 bridgehead atoms. The molecule has 0 radical (unpaired) electrons. The molecule has 1 rings (SSSR count). The highest BCUT2D eigenvalue weighted by Gasteiger charge is 2.30. The summed E-state index contributed by atoms with van der Waals surface area (Å²) < 4.78 is 37.4. The summed E-state index contributed by atoms with van der Waals surface area (Å²) in [5, 5.41) is 2.69. The molecular formula is C14H19F3N4O. The van der Waals surface area contributed by atoms with Crippen molar-refractivity contribution in [2.45, 2.75) is 32.5 Å². The van der Waals surface area contributed by atoms with Gasteiger partial charge in [0.25, 0.3) is 0 Å². The molecule has 122 valence electrons. The van der Waals surface area contributed by atoms with Crippen LogP contribution in [0.5, 0.6) is 0 Å². The van der Waals surface area contributed by atoms with Crippen molar-refractivity contribution < 1.29 is 18.0 Å². The van der Waals surface area contributed by atoms with Crippen LogP contribution in [0.4, 0.5) is 23.7 Å². The number of halogens is 3. The first-order valence-corrected chi connectivity index (χ1v) is 6.47. The number of aliphatic imine (C=N–C) groups is 1. The van der Waals surface area contributed by atoms with E-state index in [-0.39, 0.29) is 11.6 Å². The Hall–Kier alpha value is -2.25. The predicted octanol–water partition coefficient (Wildman–Crippen LogP) is 3.09. The van der Waals surface area contributed by atoms with Crippen LogP contribution >= 0.6 is 0 Å². The minimum Gasteiger partial charge on any atom is -0.369 e. The van der Waals surface area contributed by atoms with Crippen LogP contribution in [-0.2, 0) is 6.18 Å². The molecule has 2 amide bonds. The molecule has 3 N–H and O–H groups in total. The molecule has 1 aromatic rings. The Bertz CT molecular complexity index is 559. The largest absolute Gasteiger partial charge is 0.416 e. The van der Waals surface area contributed by atoms with Crippen LogP contribution in [0.3, 0.4) is 0 Å². The van der Waals surface area contributed by atoms with E-state index in [2.05, 4.69) is 10.3 Å². The van der Waals surface area contributed by atoms with Crippen molar-refractivity contribution in [1.82, 2.24) is 10.2 Å². The van der Waals surface area contributed by atoms with Crippen molar-refractivity contribution in [1.29, 1.82) is 0 Å². The van der Waals surface area contributed by atoms with E-state index in [1.165, 1.54) is 19.2 Å². The van der Waals surface area contributed by atoms with Gasteiger partial charge in [-0.3, -0.25) is 4.90 Å². The Morgan fingerprint density at radius 1 is 1.18 bits per heavy atom. The second-order valence-corrected chi connectivity index (χ2v) is 5.75. The summed E-state index contributed by atoms with van der Waals surface area (Å²) in [6.07, 6.45) is -4.41. The first-order valence-electron chi connectivity index (χ1n) is 6.47.